The maximum atomic E-state index is 5.52. The number of methoxy groups -OCH3 is 1. The van der Waals surface area contributed by atoms with Crippen molar-refractivity contribution in [2.24, 2.45) is 0 Å². The third-order valence-electron chi connectivity index (χ3n) is 7.31. The van der Waals surface area contributed by atoms with Crippen molar-refractivity contribution < 1.29 is 9.47 Å². The molecular weight excluding hydrogens is 462 g/mol. The van der Waals surface area contributed by atoms with E-state index < -0.39 is 0 Å². The molecule has 1 aromatic heterocycles. The summed E-state index contributed by atoms with van der Waals surface area (Å²) in [5.41, 5.74) is 6.13. The number of likely N-dealkylation sites (N-methyl/N-ethyl adjacent to an activating group) is 1. The lowest BCUT2D eigenvalue weighted by atomic mass is 10.1. The summed E-state index contributed by atoms with van der Waals surface area (Å²) in [6, 6.07) is 21.8. The average molecular weight is 502 g/mol. The Morgan fingerprint density at radius 1 is 0.865 bits per heavy atom. The standard InChI is InChI=1S/C30H39N5O2/c1-32-11-13-34(14-12-32)28-7-3-5-25(19-28)22-35(23-26-6-4-8-30(20-26)36-2)29-9-10-31-27(21-29)24-33-15-17-37-18-16-33/h3-10,19-21H,11-18,22-24H2,1-2H3. The highest BCUT2D eigenvalue weighted by Gasteiger charge is 2.17. The van der Waals surface area contributed by atoms with Crippen LogP contribution in [0, 0.1) is 0 Å². The molecule has 0 atom stereocenters. The predicted molar refractivity (Wildman–Crippen MR) is 149 cm³/mol. The van der Waals surface area contributed by atoms with Crippen molar-refractivity contribution in [1.29, 1.82) is 0 Å². The average Bonchev–Trinajstić information content (AvgIpc) is 2.94. The van der Waals surface area contributed by atoms with E-state index >= 15 is 0 Å². The maximum absolute atomic E-state index is 5.52. The molecule has 7 heteroatoms. The fourth-order valence-corrected chi connectivity index (χ4v) is 5.10. The molecule has 2 aliphatic rings. The Kier molecular flexibility index (Phi) is 8.56. The van der Waals surface area contributed by atoms with Gasteiger partial charge in [-0.25, -0.2) is 0 Å². The number of morpholine rings is 1. The lowest BCUT2D eigenvalue weighted by Crippen LogP contribution is -2.44. The highest BCUT2D eigenvalue weighted by Crippen LogP contribution is 2.25. The highest BCUT2D eigenvalue weighted by molar-refractivity contribution is 5.52. The second kappa shape index (κ2) is 12.4. The van der Waals surface area contributed by atoms with Crippen LogP contribution in [0.5, 0.6) is 5.75 Å². The molecule has 2 aliphatic heterocycles. The molecule has 0 saturated carbocycles. The second-order valence-corrected chi connectivity index (χ2v) is 10.1. The van der Waals surface area contributed by atoms with Crippen molar-refractivity contribution in [1.82, 2.24) is 14.8 Å². The molecule has 7 nitrogen and oxygen atoms in total. The smallest absolute Gasteiger partial charge is 0.119 e. The van der Waals surface area contributed by atoms with Crippen LogP contribution in [0.3, 0.4) is 0 Å². The van der Waals surface area contributed by atoms with Gasteiger partial charge < -0.3 is 24.2 Å². The van der Waals surface area contributed by atoms with E-state index in [1.807, 2.05) is 12.3 Å². The first-order valence-electron chi connectivity index (χ1n) is 13.3. The van der Waals surface area contributed by atoms with Gasteiger partial charge in [0.25, 0.3) is 0 Å². The van der Waals surface area contributed by atoms with Crippen LogP contribution >= 0.6 is 0 Å². The van der Waals surface area contributed by atoms with Crippen LogP contribution in [-0.4, -0.2) is 81.4 Å². The second-order valence-electron chi connectivity index (χ2n) is 10.1. The number of benzene rings is 2. The maximum Gasteiger partial charge on any atom is 0.119 e. The Morgan fingerprint density at radius 3 is 2.35 bits per heavy atom. The van der Waals surface area contributed by atoms with Crippen molar-refractivity contribution in [3.8, 4) is 5.75 Å². The Morgan fingerprint density at radius 2 is 1.59 bits per heavy atom. The Bertz CT molecular complexity index is 1140. The van der Waals surface area contributed by atoms with Gasteiger partial charge in [-0.3, -0.25) is 9.88 Å². The molecular formula is C30H39N5O2. The first-order chi connectivity index (χ1) is 18.2. The van der Waals surface area contributed by atoms with Gasteiger partial charge in [0, 0.05) is 76.5 Å². The molecule has 0 radical (unpaired) electrons. The third kappa shape index (κ3) is 7.01. The van der Waals surface area contributed by atoms with Crippen molar-refractivity contribution in [3.05, 3.63) is 83.7 Å². The summed E-state index contributed by atoms with van der Waals surface area (Å²) in [5.74, 6) is 0.886. The molecule has 2 saturated heterocycles. The van der Waals surface area contributed by atoms with E-state index in [9.17, 15) is 0 Å². The molecule has 2 fully saturated rings. The Balaban J connectivity index is 1.38. The largest absolute Gasteiger partial charge is 0.497 e. The van der Waals surface area contributed by atoms with Crippen molar-refractivity contribution in [3.63, 3.8) is 0 Å². The lowest BCUT2D eigenvalue weighted by molar-refractivity contribution is 0.0336. The first kappa shape index (κ1) is 25.5. The molecule has 3 aromatic rings. The van der Waals surface area contributed by atoms with Gasteiger partial charge in [-0.1, -0.05) is 24.3 Å². The van der Waals surface area contributed by atoms with Crippen LogP contribution in [0.15, 0.2) is 66.9 Å². The molecule has 196 valence electrons. The molecule has 3 heterocycles. The Labute approximate surface area is 221 Å². The summed E-state index contributed by atoms with van der Waals surface area (Å²) < 4.78 is 11.0. The number of pyridine rings is 1. The summed E-state index contributed by atoms with van der Waals surface area (Å²) in [7, 11) is 3.92. The first-order valence-corrected chi connectivity index (χ1v) is 13.3. The topological polar surface area (TPSA) is 44.3 Å². The van der Waals surface area contributed by atoms with E-state index in [1.54, 1.807) is 7.11 Å². The number of hydrogen-bond acceptors (Lipinski definition) is 7. The number of piperazine rings is 1. The minimum atomic E-state index is 0.789. The van der Waals surface area contributed by atoms with E-state index in [2.05, 4.69) is 81.2 Å². The van der Waals surface area contributed by atoms with Gasteiger partial charge in [0.15, 0.2) is 0 Å². The minimum Gasteiger partial charge on any atom is -0.497 e. The number of hydrogen-bond donors (Lipinski definition) is 0. The summed E-state index contributed by atoms with van der Waals surface area (Å²) in [5, 5.41) is 0. The van der Waals surface area contributed by atoms with Gasteiger partial charge in [-0.15, -0.1) is 0 Å². The molecule has 0 bridgehead atoms. The molecule has 0 amide bonds. The van der Waals surface area contributed by atoms with Crippen LogP contribution in [0.1, 0.15) is 16.8 Å². The van der Waals surface area contributed by atoms with Crippen LogP contribution in [0.25, 0.3) is 0 Å². The minimum absolute atomic E-state index is 0.789. The number of nitrogens with zero attached hydrogens (tertiary/aromatic N) is 5. The van der Waals surface area contributed by atoms with E-state index in [1.165, 1.54) is 22.5 Å². The number of rotatable bonds is 9. The van der Waals surface area contributed by atoms with Crippen LogP contribution < -0.4 is 14.5 Å². The molecule has 0 N–H and O–H groups in total. The van der Waals surface area contributed by atoms with Crippen LogP contribution in [0.4, 0.5) is 11.4 Å². The van der Waals surface area contributed by atoms with Crippen LogP contribution in [0.2, 0.25) is 0 Å². The number of anilines is 2. The summed E-state index contributed by atoms with van der Waals surface area (Å²) in [4.78, 5) is 14.5. The van der Waals surface area contributed by atoms with Gasteiger partial charge in [0.2, 0.25) is 0 Å². The van der Waals surface area contributed by atoms with Gasteiger partial charge in [-0.05, 0) is 54.6 Å². The van der Waals surface area contributed by atoms with Crippen LogP contribution in [-0.2, 0) is 24.4 Å². The van der Waals surface area contributed by atoms with Crippen molar-refractivity contribution in [2.75, 3.05) is 76.4 Å². The van der Waals surface area contributed by atoms with Gasteiger partial charge >= 0.3 is 0 Å². The molecule has 2 aromatic carbocycles. The van der Waals surface area contributed by atoms with E-state index in [4.69, 9.17) is 14.5 Å². The number of aromatic nitrogens is 1. The van der Waals surface area contributed by atoms with E-state index in [0.717, 1.165) is 83.6 Å². The zero-order valence-electron chi connectivity index (χ0n) is 22.2. The van der Waals surface area contributed by atoms with Gasteiger partial charge in [0.1, 0.15) is 5.75 Å². The molecule has 5 rings (SSSR count). The number of ether oxygens (including phenoxy) is 2. The van der Waals surface area contributed by atoms with E-state index in [-0.39, 0.29) is 0 Å². The lowest BCUT2D eigenvalue weighted by Gasteiger charge is -2.34. The fourth-order valence-electron chi connectivity index (χ4n) is 5.10. The summed E-state index contributed by atoms with van der Waals surface area (Å²) >= 11 is 0. The molecule has 0 spiro atoms. The van der Waals surface area contributed by atoms with Crippen molar-refractivity contribution in [2.45, 2.75) is 19.6 Å². The molecule has 0 unspecified atom stereocenters. The predicted octanol–water partition coefficient (Wildman–Crippen LogP) is 3.88. The van der Waals surface area contributed by atoms with E-state index in [0.29, 0.717) is 0 Å². The third-order valence-corrected chi connectivity index (χ3v) is 7.31. The summed E-state index contributed by atoms with van der Waals surface area (Å²) in [6.07, 6.45) is 1.95. The monoisotopic (exact) mass is 501 g/mol. The fraction of sp³-hybridized carbons (Fsp3) is 0.433. The molecule has 37 heavy (non-hydrogen) atoms. The zero-order chi connectivity index (χ0) is 25.5. The zero-order valence-corrected chi connectivity index (χ0v) is 22.2. The normalized spacial score (nSPS) is 17.1. The van der Waals surface area contributed by atoms with Crippen molar-refractivity contribution >= 4 is 11.4 Å². The quantitative estimate of drug-likeness (QED) is 0.441. The van der Waals surface area contributed by atoms with Gasteiger partial charge in [0.05, 0.1) is 26.0 Å². The Hall–Kier alpha value is -3.13. The summed E-state index contributed by atoms with van der Waals surface area (Å²) in [6.45, 7) is 10.3. The SMILES string of the molecule is COc1cccc(CN(Cc2cccc(N3CCN(C)CC3)c2)c2ccnc(CN3CCOCC3)c2)c1. The highest BCUT2D eigenvalue weighted by atomic mass is 16.5. The van der Waals surface area contributed by atoms with Gasteiger partial charge in [-0.2, -0.15) is 0 Å². The molecule has 0 aliphatic carbocycles.